The minimum Gasteiger partial charge on any atom is -0.506 e. The topological polar surface area (TPSA) is 37.3 Å². The second kappa shape index (κ2) is 12.7. The van der Waals surface area contributed by atoms with Gasteiger partial charge in [-0.15, -0.1) is 0 Å². The highest BCUT2D eigenvalue weighted by atomic mass is 35.5. The molecule has 4 heteroatoms. The first-order valence-corrected chi connectivity index (χ1v) is 11.5. The molecule has 1 aromatic rings. The summed E-state index contributed by atoms with van der Waals surface area (Å²) < 4.78 is 0. The molecule has 27 heavy (non-hydrogen) atoms. The summed E-state index contributed by atoms with van der Waals surface area (Å²) in [5.74, 6) is 0.211. The molecule has 0 saturated heterocycles. The Morgan fingerprint density at radius 2 is 1.26 bits per heavy atom. The Morgan fingerprint density at radius 1 is 0.815 bits per heavy atom. The van der Waals surface area contributed by atoms with Gasteiger partial charge in [0.25, 0.3) is 0 Å². The molecule has 0 bridgehead atoms. The van der Waals surface area contributed by atoms with E-state index in [1.54, 1.807) is 0 Å². The summed E-state index contributed by atoms with van der Waals surface area (Å²) in [6.07, 6.45) is 18.4. The van der Waals surface area contributed by atoms with Crippen molar-refractivity contribution < 1.29 is 9.90 Å². The lowest BCUT2D eigenvalue weighted by molar-refractivity contribution is 0.0952. The summed E-state index contributed by atoms with van der Waals surface area (Å²) in [7, 11) is 0. The Bertz CT molecular complexity index is 570. The van der Waals surface area contributed by atoms with Gasteiger partial charge in [-0.05, 0) is 18.1 Å². The Balaban J connectivity index is 1.94. The minimum atomic E-state index is -0.136. The van der Waals surface area contributed by atoms with E-state index in [4.69, 9.17) is 23.2 Å². The zero-order valence-electron chi connectivity index (χ0n) is 16.5. The molecule has 1 saturated carbocycles. The van der Waals surface area contributed by atoms with Crippen molar-refractivity contribution in [1.29, 1.82) is 0 Å². The second-order valence-electron chi connectivity index (χ2n) is 8.10. The molecule has 1 aliphatic carbocycles. The van der Waals surface area contributed by atoms with Crippen molar-refractivity contribution in [3.8, 4) is 5.75 Å². The fraction of sp³-hybridized carbons (Fsp3) is 0.696. The van der Waals surface area contributed by atoms with Crippen LogP contribution < -0.4 is 0 Å². The van der Waals surface area contributed by atoms with Crippen molar-refractivity contribution in [3.05, 3.63) is 27.7 Å². The lowest BCUT2D eigenvalue weighted by atomic mass is 9.88. The summed E-state index contributed by atoms with van der Waals surface area (Å²) in [5, 5.41) is 10.7. The van der Waals surface area contributed by atoms with Crippen LogP contribution in [0.5, 0.6) is 5.75 Å². The van der Waals surface area contributed by atoms with Gasteiger partial charge in [-0.3, -0.25) is 4.79 Å². The number of phenols is 1. The monoisotopic (exact) mass is 412 g/mol. The number of carbonyl (C=O) groups excluding carboxylic acids is 1. The third kappa shape index (κ3) is 8.44. The number of rotatable bonds is 3. The van der Waals surface area contributed by atoms with Crippen LogP contribution in [0.2, 0.25) is 10.0 Å². The van der Waals surface area contributed by atoms with Crippen molar-refractivity contribution >= 4 is 29.0 Å². The third-order valence-corrected chi connectivity index (χ3v) is 6.28. The van der Waals surface area contributed by atoms with Gasteiger partial charge in [0.05, 0.1) is 10.6 Å². The zero-order valence-corrected chi connectivity index (χ0v) is 18.0. The summed E-state index contributed by atoms with van der Waals surface area (Å²) in [6.45, 7) is 0. The van der Waals surface area contributed by atoms with Gasteiger partial charge in [0, 0.05) is 11.4 Å². The molecule has 0 aromatic heterocycles. The summed E-state index contributed by atoms with van der Waals surface area (Å²) in [4.78, 5) is 12.8. The first-order valence-electron chi connectivity index (χ1n) is 10.8. The lowest BCUT2D eigenvalue weighted by Gasteiger charge is -2.17. The van der Waals surface area contributed by atoms with E-state index in [1.807, 2.05) is 0 Å². The number of aromatic hydroxyl groups is 1. The van der Waals surface area contributed by atoms with E-state index in [2.05, 4.69) is 0 Å². The Morgan fingerprint density at radius 3 is 1.74 bits per heavy atom. The number of hydrogen-bond acceptors (Lipinski definition) is 2. The fourth-order valence-corrected chi connectivity index (χ4v) is 4.63. The molecule has 0 radical (unpaired) electrons. The van der Waals surface area contributed by atoms with Crippen LogP contribution >= 0.6 is 23.2 Å². The first kappa shape index (κ1) is 22.6. The van der Waals surface area contributed by atoms with E-state index < -0.39 is 0 Å². The number of benzene rings is 1. The molecule has 0 amide bonds. The van der Waals surface area contributed by atoms with Gasteiger partial charge < -0.3 is 5.11 Å². The van der Waals surface area contributed by atoms with Crippen molar-refractivity contribution in [1.82, 2.24) is 0 Å². The van der Waals surface area contributed by atoms with E-state index in [0.717, 1.165) is 12.8 Å². The van der Waals surface area contributed by atoms with Gasteiger partial charge in [0.1, 0.15) is 5.75 Å². The average Bonchev–Trinajstić information content (AvgIpc) is 2.64. The standard InChI is InChI=1S/C23H34Cl2O2/c24-19-16-20(23(27)21(25)17-19)22(26)15-18-13-11-9-7-5-3-1-2-4-6-8-10-12-14-18/h16-18,27H,1-15H2. The highest BCUT2D eigenvalue weighted by Crippen LogP contribution is 2.33. The van der Waals surface area contributed by atoms with Crippen LogP contribution in [0.15, 0.2) is 12.1 Å². The number of halogens is 2. The van der Waals surface area contributed by atoms with Crippen LogP contribution in [0.25, 0.3) is 0 Å². The van der Waals surface area contributed by atoms with Gasteiger partial charge in [-0.2, -0.15) is 0 Å². The van der Waals surface area contributed by atoms with Gasteiger partial charge in [-0.25, -0.2) is 0 Å². The van der Waals surface area contributed by atoms with Crippen molar-refractivity contribution in [2.24, 2.45) is 5.92 Å². The van der Waals surface area contributed by atoms with Crippen LogP contribution in [-0.2, 0) is 0 Å². The van der Waals surface area contributed by atoms with Crippen LogP contribution in [0, 0.1) is 5.92 Å². The molecule has 0 aliphatic heterocycles. The van der Waals surface area contributed by atoms with Crippen LogP contribution in [0.1, 0.15) is 107 Å². The molecule has 1 N–H and O–H groups in total. The molecule has 0 heterocycles. The Kier molecular flexibility index (Phi) is 10.6. The maximum absolute atomic E-state index is 12.8. The van der Waals surface area contributed by atoms with E-state index in [0.29, 0.717) is 17.4 Å². The number of phenolic OH excluding ortho intramolecular Hbond substituents is 1. The predicted molar refractivity (Wildman–Crippen MR) is 115 cm³/mol. The fourth-order valence-electron chi connectivity index (χ4n) is 4.13. The highest BCUT2D eigenvalue weighted by molar-refractivity contribution is 6.36. The molecule has 1 aliphatic rings. The number of hydrogen-bond donors (Lipinski definition) is 1. The van der Waals surface area contributed by atoms with Crippen molar-refractivity contribution in [2.75, 3.05) is 0 Å². The smallest absolute Gasteiger partial charge is 0.166 e. The molecule has 0 atom stereocenters. The number of Topliss-reactive ketones (excluding diaryl/α,β-unsaturated/α-hetero) is 1. The van der Waals surface area contributed by atoms with Gasteiger partial charge in [-0.1, -0.05) is 113 Å². The molecule has 0 spiro atoms. The summed E-state index contributed by atoms with van der Waals surface area (Å²) in [5.41, 5.74) is 0.267. The van der Waals surface area contributed by atoms with Crippen molar-refractivity contribution in [2.45, 2.75) is 96.3 Å². The maximum atomic E-state index is 12.8. The normalized spacial score (nSPS) is 19.2. The van der Waals surface area contributed by atoms with Gasteiger partial charge in [0.2, 0.25) is 0 Å². The molecule has 1 fully saturated rings. The lowest BCUT2D eigenvalue weighted by Crippen LogP contribution is -2.10. The third-order valence-electron chi connectivity index (χ3n) is 5.78. The highest BCUT2D eigenvalue weighted by Gasteiger charge is 2.20. The summed E-state index contributed by atoms with van der Waals surface area (Å²) in [6, 6.07) is 3.01. The zero-order chi connectivity index (χ0) is 19.5. The second-order valence-corrected chi connectivity index (χ2v) is 8.94. The van der Waals surface area contributed by atoms with Crippen molar-refractivity contribution in [3.63, 3.8) is 0 Å². The molecule has 2 nitrogen and oxygen atoms in total. The van der Waals surface area contributed by atoms with Gasteiger partial charge in [0.15, 0.2) is 5.78 Å². The van der Waals surface area contributed by atoms with E-state index >= 15 is 0 Å². The number of carbonyl (C=O) groups is 1. The molecular formula is C23H34Cl2O2. The van der Waals surface area contributed by atoms with E-state index in [1.165, 1.54) is 89.2 Å². The van der Waals surface area contributed by atoms with E-state index in [-0.39, 0.29) is 22.1 Å². The van der Waals surface area contributed by atoms with Gasteiger partial charge >= 0.3 is 0 Å². The number of ketones is 1. The molecule has 2 rings (SSSR count). The molecule has 1 aromatic carbocycles. The van der Waals surface area contributed by atoms with Crippen LogP contribution in [0.3, 0.4) is 0 Å². The van der Waals surface area contributed by atoms with Crippen LogP contribution in [0.4, 0.5) is 0 Å². The minimum absolute atomic E-state index is 0.0418. The molecule has 0 unspecified atom stereocenters. The molecule has 152 valence electrons. The predicted octanol–water partition coefficient (Wildman–Crippen LogP) is 8.36. The summed E-state index contributed by atoms with van der Waals surface area (Å²) >= 11 is 12.0. The largest absolute Gasteiger partial charge is 0.506 e. The SMILES string of the molecule is O=C(CC1CCCCCCCCCCCCCC1)c1cc(Cl)cc(Cl)c1O. The Hall–Kier alpha value is -0.730. The average molecular weight is 413 g/mol. The quantitative estimate of drug-likeness (QED) is 0.506. The van der Waals surface area contributed by atoms with E-state index in [9.17, 15) is 9.90 Å². The maximum Gasteiger partial charge on any atom is 0.166 e. The van der Waals surface area contributed by atoms with Crippen LogP contribution in [-0.4, -0.2) is 10.9 Å². The molecular weight excluding hydrogens is 379 g/mol. The first-order chi connectivity index (χ1) is 13.1. The Labute approximate surface area is 174 Å².